The molecule has 0 bridgehead atoms. The molecule has 0 atom stereocenters. The third-order valence-corrected chi connectivity index (χ3v) is 5.43. The number of carbonyl (C=O) groups excluding carboxylic acids is 1. The SMILES string of the molecule is COc1ccc(C=CC(=O)NCc2cn(C)nc2C)cc1COc1ccc(Cl)cc1Br. The zero-order valence-corrected chi connectivity index (χ0v) is 19.8. The van der Waals surface area contributed by atoms with Crippen molar-refractivity contribution < 1.29 is 14.3 Å². The molecule has 3 aromatic rings. The van der Waals surface area contributed by atoms with Crippen LogP contribution in [0.4, 0.5) is 0 Å². The van der Waals surface area contributed by atoms with Crippen LogP contribution in [0.2, 0.25) is 5.02 Å². The van der Waals surface area contributed by atoms with E-state index in [1.807, 2.05) is 38.4 Å². The largest absolute Gasteiger partial charge is 0.496 e. The van der Waals surface area contributed by atoms with Gasteiger partial charge in [0.2, 0.25) is 5.91 Å². The van der Waals surface area contributed by atoms with Crippen molar-refractivity contribution in [1.29, 1.82) is 0 Å². The van der Waals surface area contributed by atoms with Crippen LogP contribution in [0.1, 0.15) is 22.4 Å². The van der Waals surface area contributed by atoms with Gasteiger partial charge in [0.05, 0.1) is 17.3 Å². The molecule has 1 N–H and O–H groups in total. The van der Waals surface area contributed by atoms with Crippen LogP contribution in [0.5, 0.6) is 11.5 Å². The van der Waals surface area contributed by atoms with E-state index in [-0.39, 0.29) is 5.91 Å². The minimum Gasteiger partial charge on any atom is -0.496 e. The van der Waals surface area contributed by atoms with Crippen LogP contribution in [0.25, 0.3) is 6.08 Å². The maximum Gasteiger partial charge on any atom is 0.244 e. The molecule has 1 amide bonds. The Morgan fingerprint density at radius 2 is 2.00 bits per heavy atom. The van der Waals surface area contributed by atoms with Gasteiger partial charge >= 0.3 is 0 Å². The summed E-state index contributed by atoms with van der Waals surface area (Å²) in [5, 5.41) is 7.77. The fourth-order valence-electron chi connectivity index (χ4n) is 3.00. The third-order valence-electron chi connectivity index (χ3n) is 4.58. The zero-order chi connectivity index (χ0) is 22.4. The summed E-state index contributed by atoms with van der Waals surface area (Å²) in [6.45, 7) is 2.65. The molecule has 0 saturated heterocycles. The predicted molar refractivity (Wildman–Crippen MR) is 125 cm³/mol. The van der Waals surface area contributed by atoms with Crippen LogP contribution < -0.4 is 14.8 Å². The van der Waals surface area contributed by atoms with Crippen molar-refractivity contribution in [3.05, 3.63) is 80.6 Å². The summed E-state index contributed by atoms with van der Waals surface area (Å²) in [4.78, 5) is 12.2. The van der Waals surface area contributed by atoms with Gasteiger partial charge in [0.1, 0.15) is 18.1 Å². The molecule has 0 fully saturated rings. The van der Waals surface area contributed by atoms with Crippen molar-refractivity contribution in [1.82, 2.24) is 15.1 Å². The van der Waals surface area contributed by atoms with E-state index in [4.69, 9.17) is 21.1 Å². The van der Waals surface area contributed by atoms with Gasteiger partial charge < -0.3 is 14.8 Å². The van der Waals surface area contributed by atoms with E-state index >= 15 is 0 Å². The van der Waals surface area contributed by atoms with Crippen LogP contribution in [0, 0.1) is 6.92 Å². The smallest absolute Gasteiger partial charge is 0.244 e. The normalized spacial score (nSPS) is 11.0. The number of hydrogen-bond donors (Lipinski definition) is 1. The number of hydrogen-bond acceptors (Lipinski definition) is 4. The number of methoxy groups -OCH3 is 1. The zero-order valence-electron chi connectivity index (χ0n) is 17.5. The molecule has 0 spiro atoms. The number of nitrogens with zero attached hydrogens (tertiary/aromatic N) is 2. The van der Waals surface area contributed by atoms with Gasteiger partial charge in [0.25, 0.3) is 0 Å². The molecule has 8 heteroatoms. The van der Waals surface area contributed by atoms with Crippen LogP contribution in [-0.4, -0.2) is 22.8 Å². The van der Waals surface area contributed by atoms with Gasteiger partial charge in [-0.2, -0.15) is 5.10 Å². The average molecular weight is 505 g/mol. The number of aromatic nitrogens is 2. The van der Waals surface area contributed by atoms with Crippen molar-refractivity contribution in [2.45, 2.75) is 20.1 Å². The van der Waals surface area contributed by atoms with E-state index in [0.29, 0.717) is 29.7 Å². The van der Waals surface area contributed by atoms with E-state index in [1.165, 1.54) is 6.08 Å². The highest BCUT2D eigenvalue weighted by molar-refractivity contribution is 9.10. The van der Waals surface area contributed by atoms with Gasteiger partial charge in [-0.25, -0.2) is 0 Å². The van der Waals surface area contributed by atoms with Gasteiger partial charge in [0, 0.05) is 42.0 Å². The van der Waals surface area contributed by atoms with Crippen molar-refractivity contribution >= 4 is 39.5 Å². The summed E-state index contributed by atoms with van der Waals surface area (Å²) in [7, 11) is 3.47. The van der Waals surface area contributed by atoms with Crippen LogP contribution in [0.3, 0.4) is 0 Å². The quantitative estimate of drug-likeness (QED) is 0.436. The standard InChI is InChI=1S/C23H23BrClN3O3/c1-15-18(13-28(2)27-15)12-26-23(29)9-5-16-4-7-21(30-3)17(10-16)14-31-22-8-6-19(25)11-20(22)24/h4-11,13H,12,14H2,1-3H3,(H,26,29). The Morgan fingerprint density at radius 3 is 2.68 bits per heavy atom. The van der Waals surface area contributed by atoms with E-state index in [2.05, 4.69) is 26.3 Å². The van der Waals surface area contributed by atoms with Crippen LogP contribution >= 0.6 is 27.5 Å². The third kappa shape index (κ3) is 6.35. The molecule has 1 aromatic heterocycles. The Bertz CT molecular complexity index is 1110. The molecule has 31 heavy (non-hydrogen) atoms. The Kier molecular flexibility index (Phi) is 7.76. The molecule has 3 rings (SSSR count). The van der Waals surface area contributed by atoms with Gasteiger partial charge in [-0.1, -0.05) is 17.7 Å². The molecule has 6 nitrogen and oxygen atoms in total. The van der Waals surface area contributed by atoms with Crippen LogP contribution in [-0.2, 0) is 25.0 Å². The summed E-state index contributed by atoms with van der Waals surface area (Å²) in [5.41, 5.74) is 3.61. The molecule has 0 unspecified atom stereocenters. The summed E-state index contributed by atoms with van der Waals surface area (Å²) in [6, 6.07) is 11.0. The van der Waals surface area contributed by atoms with Gasteiger partial charge in [-0.15, -0.1) is 0 Å². The molecule has 0 aliphatic carbocycles. The Morgan fingerprint density at radius 1 is 1.23 bits per heavy atom. The maximum atomic E-state index is 12.2. The number of halogens is 2. The monoisotopic (exact) mass is 503 g/mol. The fraction of sp³-hybridized carbons (Fsp3) is 0.217. The number of nitrogens with one attached hydrogen (secondary N) is 1. The lowest BCUT2D eigenvalue weighted by Crippen LogP contribution is -2.20. The second-order valence-corrected chi connectivity index (χ2v) is 8.19. The van der Waals surface area contributed by atoms with Crippen LogP contribution in [0.15, 0.2) is 53.1 Å². The summed E-state index contributed by atoms with van der Waals surface area (Å²) >= 11 is 9.43. The lowest BCUT2D eigenvalue weighted by molar-refractivity contribution is -0.116. The number of benzene rings is 2. The maximum absolute atomic E-state index is 12.2. The van der Waals surface area contributed by atoms with E-state index in [0.717, 1.165) is 26.9 Å². The number of rotatable bonds is 8. The van der Waals surface area contributed by atoms with E-state index in [9.17, 15) is 4.79 Å². The lowest BCUT2D eigenvalue weighted by Gasteiger charge is -2.12. The Hall–Kier alpha value is -2.77. The molecule has 0 aliphatic rings. The lowest BCUT2D eigenvalue weighted by atomic mass is 10.1. The van der Waals surface area contributed by atoms with Crippen molar-refractivity contribution in [2.24, 2.45) is 7.05 Å². The molecule has 0 aliphatic heterocycles. The first-order valence-corrected chi connectivity index (χ1v) is 10.7. The molecule has 2 aromatic carbocycles. The van der Waals surface area contributed by atoms with E-state index in [1.54, 1.807) is 36.1 Å². The summed E-state index contributed by atoms with van der Waals surface area (Å²) in [5.74, 6) is 1.21. The number of amides is 1. The molecule has 0 radical (unpaired) electrons. The summed E-state index contributed by atoms with van der Waals surface area (Å²) < 4.78 is 13.9. The number of aryl methyl sites for hydroxylation is 2. The van der Waals surface area contributed by atoms with Crippen molar-refractivity contribution in [2.75, 3.05) is 7.11 Å². The first kappa shape index (κ1) is 22.9. The second-order valence-electron chi connectivity index (χ2n) is 6.90. The number of carbonyl (C=O) groups is 1. The minimum absolute atomic E-state index is 0.179. The second kappa shape index (κ2) is 10.5. The molecular weight excluding hydrogens is 482 g/mol. The molecule has 1 heterocycles. The molecular formula is C23H23BrClN3O3. The van der Waals surface area contributed by atoms with Crippen molar-refractivity contribution in [3.63, 3.8) is 0 Å². The Labute approximate surface area is 194 Å². The summed E-state index contributed by atoms with van der Waals surface area (Å²) in [6.07, 6.45) is 5.16. The number of ether oxygens (including phenoxy) is 2. The first-order chi connectivity index (χ1) is 14.9. The minimum atomic E-state index is -0.179. The molecule has 0 saturated carbocycles. The average Bonchev–Trinajstić information content (AvgIpc) is 3.07. The first-order valence-electron chi connectivity index (χ1n) is 9.55. The Balaban J connectivity index is 1.64. The highest BCUT2D eigenvalue weighted by atomic mass is 79.9. The molecule has 162 valence electrons. The topological polar surface area (TPSA) is 65.4 Å². The van der Waals surface area contributed by atoms with Gasteiger partial charge in [0.15, 0.2) is 0 Å². The fourth-order valence-corrected chi connectivity index (χ4v) is 3.80. The van der Waals surface area contributed by atoms with Gasteiger partial charge in [-0.3, -0.25) is 9.48 Å². The van der Waals surface area contributed by atoms with Crippen molar-refractivity contribution in [3.8, 4) is 11.5 Å². The highest BCUT2D eigenvalue weighted by Crippen LogP contribution is 2.30. The highest BCUT2D eigenvalue weighted by Gasteiger charge is 2.08. The predicted octanol–water partition coefficient (Wildman–Crippen LogP) is 5.06. The van der Waals surface area contributed by atoms with E-state index < -0.39 is 0 Å². The van der Waals surface area contributed by atoms with Gasteiger partial charge in [-0.05, 0) is 64.8 Å².